The van der Waals surface area contributed by atoms with Crippen molar-refractivity contribution in [2.24, 2.45) is 5.10 Å². The summed E-state index contributed by atoms with van der Waals surface area (Å²) in [6.07, 6.45) is 3.01. The van der Waals surface area contributed by atoms with Crippen molar-refractivity contribution >= 4 is 33.6 Å². The molecule has 0 unspecified atom stereocenters. The normalized spacial score (nSPS) is 10.8. The molecule has 0 spiro atoms. The van der Waals surface area contributed by atoms with Crippen molar-refractivity contribution in [3.05, 3.63) is 92.1 Å². The predicted molar refractivity (Wildman–Crippen MR) is 112 cm³/mol. The van der Waals surface area contributed by atoms with Crippen LogP contribution in [0.25, 0.3) is 0 Å². The number of hydrazone groups is 1. The van der Waals surface area contributed by atoms with Crippen LogP contribution in [0.5, 0.6) is 5.75 Å². The van der Waals surface area contributed by atoms with Gasteiger partial charge in [0.25, 0.3) is 0 Å². The summed E-state index contributed by atoms with van der Waals surface area (Å²) in [6, 6.07) is 16.5. The number of nitro groups is 1. The zero-order valence-electron chi connectivity index (χ0n) is 15.0. The van der Waals surface area contributed by atoms with Crippen LogP contribution in [-0.4, -0.2) is 16.1 Å². The molecule has 0 aliphatic heterocycles. The third-order valence-electron chi connectivity index (χ3n) is 3.80. The van der Waals surface area contributed by atoms with Crippen LogP contribution in [0, 0.1) is 17.0 Å². The number of anilines is 1. The molecule has 0 aliphatic carbocycles. The summed E-state index contributed by atoms with van der Waals surface area (Å²) in [7, 11) is 0. The molecule has 0 saturated carbocycles. The summed E-state index contributed by atoms with van der Waals surface area (Å²) >= 11 is 3.49. The van der Waals surface area contributed by atoms with E-state index in [1.54, 1.807) is 6.21 Å². The first-order chi connectivity index (χ1) is 13.5. The molecular weight excluding hydrogens is 424 g/mol. The Kier molecular flexibility index (Phi) is 6.33. The van der Waals surface area contributed by atoms with Gasteiger partial charge in [-0.05, 0) is 58.2 Å². The number of aromatic nitrogens is 1. The number of ether oxygens (including phenoxy) is 1. The van der Waals surface area contributed by atoms with E-state index in [4.69, 9.17) is 4.74 Å². The fraction of sp³-hybridized carbons (Fsp3) is 0.100. The van der Waals surface area contributed by atoms with Gasteiger partial charge in [-0.25, -0.2) is 4.98 Å². The molecule has 0 atom stereocenters. The molecular formula is C20H17BrN4O3. The van der Waals surface area contributed by atoms with E-state index in [9.17, 15) is 10.1 Å². The van der Waals surface area contributed by atoms with E-state index in [0.717, 1.165) is 15.6 Å². The lowest BCUT2D eigenvalue weighted by molar-refractivity contribution is -0.384. The molecule has 0 saturated heterocycles. The largest absolute Gasteiger partial charge is 0.488 e. The van der Waals surface area contributed by atoms with Crippen molar-refractivity contribution in [2.45, 2.75) is 13.5 Å². The quantitative estimate of drug-likeness (QED) is 0.314. The minimum absolute atomic E-state index is 0.0842. The fourth-order valence-corrected chi connectivity index (χ4v) is 2.99. The van der Waals surface area contributed by atoms with Crippen molar-refractivity contribution in [3.8, 4) is 5.75 Å². The van der Waals surface area contributed by atoms with Gasteiger partial charge < -0.3 is 4.74 Å². The summed E-state index contributed by atoms with van der Waals surface area (Å²) in [6.45, 7) is 2.51. The number of rotatable bonds is 7. The third kappa shape index (κ3) is 5.14. The van der Waals surface area contributed by atoms with Gasteiger partial charge in [-0.1, -0.05) is 29.8 Å². The van der Waals surface area contributed by atoms with Crippen LogP contribution in [0.2, 0.25) is 0 Å². The Morgan fingerprint density at radius 2 is 2.11 bits per heavy atom. The minimum atomic E-state index is -0.512. The smallest absolute Gasteiger partial charge is 0.313 e. The highest BCUT2D eigenvalue weighted by atomic mass is 79.9. The van der Waals surface area contributed by atoms with Crippen LogP contribution < -0.4 is 10.2 Å². The standard InChI is InChI=1S/C20H17BrN4O3/c1-14-4-2-5-16(10-14)13-28-19-8-7-15(11-17(19)21)12-23-24-20-18(25(26)27)6-3-9-22-20/h2-12H,13H2,1H3,(H,22,24)/b23-12-. The number of nitrogens with zero attached hydrogens (tertiary/aromatic N) is 3. The summed E-state index contributed by atoms with van der Waals surface area (Å²) < 4.78 is 6.64. The molecule has 7 nitrogen and oxygen atoms in total. The van der Waals surface area contributed by atoms with Gasteiger partial charge in [-0.3, -0.25) is 15.5 Å². The lowest BCUT2D eigenvalue weighted by atomic mass is 10.1. The number of benzene rings is 2. The lowest BCUT2D eigenvalue weighted by Crippen LogP contribution is -1.99. The topological polar surface area (TPSA) is 89.7 Å². The van der Waals surface area contributed by atoms with Crippen molar-refractivity contribution < 1.29 is 9.66 Å². The van der Waals surface area contributed by atoms with Crippen LogP contribution in [0.4, 0.5) is 11.5 Å². The molecule has 0 aliphatic rings. The van der Waals surface area contributed by atoms with Crippen molar-refractivity contribution in [3.63, 3.8) is 0 Å². The number of nitrogens with one attached hydrogen (secondary N) is 1. The van der Waals surface area contributed by atoms with Gasteiger partial charge in [0.15, 0.2) is 0 Å². The Labute approximate surface area is 170 Å². The number of hydrogen-bond donors (Lipinski definition) is 1. The molecule has 3 aromatic rings. The van der Waals surface area contributed by atoms with Gasteiger partial charge in [0, 0.05) is 12.3 Å². The number of aryl methyl sites for hydroxylation is 1. The van der Waals surface area contributed by atoms with E-state index in [2.05, 4.69) is 37.5 Å². The molecule has 1 aromatic heterocycles. The SMILES string of the molecule is Cc1cccc(COc2ccc(/C=N\Nc3ncccc3[N+](=O)[O-])cc2Br)c1. The maximum Gasteiger partial charge on any atom is 0.313 e. The first-order valence-corrected chi connectivity index (χ1v) is 9.18. The monoisotopic (exact) mass is 440 g/mol. The highest BCUT2D eigenvalue weighted by Gasteiger charge is 2.12. The highest BCUT2D eigenvalue weighted by Crippen LogP contribution is 2.26. The van der Waals surface area contributed by atoms with E-state index in [1.165, 1.54) is 23.9 Å². The number of halogens is 1. The van der Waals surface area contributed by atoms with Crippen LogP contribution in [-0.2, 0) is 6.61 Å². The Bertz CT molecular complexity index is 1020. The maximum atomic E-state index is 11.0. The zero-order chi connectivity index (χ0) is 19.9. The maximum absolute atomic E-state index is 11.0. The summed E-state index contributed by atoms with van der Waals surface area (Å²) in [5.74, 6) is 0.799. The minimum Gasteiger partial charge on any atom is -0.488 e. The molecule has 0 bridgehead atoms. The van der Waals surface area contributed by atoms with Crippen LogP contribution in [0.1, 0.15) is 16.7 Å². The second-order valence-corrected chi connectivity index (χ2v) is 6.82. The molecule has 2 aromatic carbocycles. The molecule has 0 radical (unpaired) electrons. The Morgan fingerprint density at radius 1 is 1.25 bits per heavy atom. The van der Waals surface area contributed by atoms with Gasteiger partial charge in [0.1, 0.15) is 12.4 Å². The van der Waals surface area contributed by atoms with Crippen molar-refractivity contribution in [1.82, 2.24) is 4.98 Å². The first kappa shape index (κ1) is 19.5. The Morgan fingerprint density at radius 3 is 2.86 bits per heavy atom. The fourth-order valence-electron chi connectivity index (χ4n) is 2.48. The lowest BCUT2D eigenvalue weighted by Gasteiger charge is -2.09. The summed E-state index contributed by atoms with van der Waals surface area (Å²) in [4.78, 5) is 14.4. The van der Waals surface area contributed by atoms with E-state index < -0.39 is 4.92 Å². The van der Waals surface area contributed by atoms with E-state index in [0.29, 0.717) is 12.4 Å². The molecule has 1 N–H and O–H groups in total. The van der Waals surface area contributed by atoms with Crippen LogP contribution >= 0.6 is 15.9 Å². The van der Waals surface area contributed by atoms with Gasteiger partial charge in [0.05, 0.1) is 15.6 Å². The average Bonchev–Trinajstić information content (AvgIpc) is 2.67. The Balaban J connectivity index is 1.64. The van der Waals surface area contributed by atoms with Crippen molar-refractivity contribution in [2.75, 3.05) is 5.43 Å². The molecule has 0 amide bonds. The second-order valence-electron chi connectivity index (χ2n) is 5.97. The average molecular weight is 441 g/mol. The van der Waals surface area contributed by atoms with Crippen LogP contribution in [0.15, 0.2) is 70.4 Å². The molecule has 1 heterocycles. The number of pyridine rings is 1. The Hall–Kier alpha value is -3.26. The first-order valence-electron chi connectivity index (χ1n) is 8.39. The van der Waals surface area contributed by atoms with Gasteiger partial charge in [-0.2, -0.15) is 5.10 Å². The van der Waals surface area contributed by atoms with Crippen LogP contribution in [0.3, 0.4) is 0 Å². The molecule has 3 rings (SSSR count). The summed E-state index contributed by atoms with van der Waals surface area (Å²) in [5.41, 5.74) is 5.54. The van der Waals surface area contributed by atoms with Gasteiger partial charge in [0.2, 0.25) is 5.82 Å². The van der Waals surface area contributed by atoms with E-state index in [-0.39, 0.29) is 11.5 Å². The molecule has 0 fully saturated rings. The summed E-state index contributed by atoms with van der Waals surface area (Å²) in [5, 5.41) is 15.0. The highest BCUT2D eigenvalue weighted by molar-refractivity contribution is 9.10. The van der Waals surface area contributed by atoms with E-state index >= 15 is 0 Å². The number of hydrogen-bond acceptors (Lipinski definition) is 6. The van der Waals surface area contributed by atoms with Gasteiger partial charge in [-0.15, -0.1) is 0 Å². The van der Waals surface area contributed by atoms with Gasteiger partial charge >= 0.3 is 5.69 Å². The third-order valence-corrected chi connectivity index (χ3v) is 4.42. The molecule has 8 heteroatoms. The zero-order valence-corrected chi connectivity index (χ0v) is 16.6. The molecule has 142 valence electrons. The molecule has 28 heavy (non-hydrogen) atoms. The van der Waals surface area contributed by atoms with Crippen molar-refractivity contribution in [1.29, 1.82) is 0 Å². The predicted octanol–water partition coefficient (Wildman–Crippen LogP) is 5.09. The van der Waals surface area contributed by atoms with E-state index in [1.807, 2.05) is 43.3 Å². The second kappa shape index (κ2) is 9.09.